The minimum absolute atomic E-state index is 0. The predicted octanol–water partition coefficient (Wildman–Crippen LogP) is 2.43. The van der Waals surface area contributed by atoms with Gasteiger partial charge in [0.1, 0.15) is 0 Å². The molecule has 0 spiro atoms. The van der Waals surface area contributed by atoms with Gasteiger partial charge in [-0.1, -0.05) is 25.7 Å². The van der Waals surface area contributed by atoms with Crippen LogP contribution in [0.25, 0.3) is 0 Å². The van der Waals surface area contributed by atoms with E-state index in [4.69, 9.17) is 5.73 Å². The van der Waals surface area contributed by atoms with Crippen LogP contribution in [0.4, 0.5) is 0 Å². The summed E-state index contributed by atoms with van der Waals surface area (Å²) >= 11 is 0. The van der Waals surface area contributed by atoms with E-state index >= 15 is 0 Å². The molecule has 2 unspecified atom stereocenters. The molecule has 2 aliphatic carbocycles. The summed E-state index contributed by atoms with van der Waals surface area (Å²) in [5, 5.41) is 0. The maximum Gasteiger partial charge on any atom is 0.211 e. The minimum Gasteiger partial charge on any atom is -0.328 e. The second-order valence-corrected chi connectivity index (χ2v) is 8.28. The van der Waals surface area contributed by atoms with Crippen LogP contribution in [0, 0.1) is 11.8 Å². The molecule has 0 radical (unpaired) electrons. The van der Waals surface area contributed by atoms with Gasteiger partial charge in [-0.15, -0.1) is 12.4 Å². The van der Waals surface area contributed by atoms with Crippen molar-refractivity contribution in [2.24, 2.45) is 17.6 Å². The second-order valence-electron chi connectivity index (χ2n) is 6.43. The van der Waals surface area contributed by atoms with Gasteiger partial charge in [0.15, 0.2) is 0 Å². The van der Waals surface area contributed by atoms with Gasteiger partial charge in [-0.2, -0.15) is 0 Å². The van der Waals surface area contributed by atoms with Gasteiger partial charge in [-0.3, -0.25) is 0 Å². The molecule has 0 aromatic rings. The number of rotatable bonds is 5. The molecule has 6 heteroatoms. The minimum atomic E-state index is -3.09. The average Bonchev–Trinajstić information content (AvgIpc) is 2.37. The smallest absolute Gasteiger partial charge is 0.211 e. The first-order valence-electron chi connectivity index (χ1n) is 7.78. The monoisotopic (exact) mass is 324 g/mol. The van der Waals surface area contributed by atoms with Crippen molar-refractivity contribution in [1.29, 1.82) is 0 Å². The Labute approximate surface area is 129 Å². The molecule has 2 rings (SSSR count). The average molecular weight is 325 g/mol. The fraction of sp³-hybridized carbons (Fsp3) is 1.00. The Morgan fingerprint density at radius 3 is 2.25 bits per heavy atom. The maximum atomic E-state index is 12.1. The first-order chi connectivity index (χ1) is 9.05. The Morgan fingerprint density at radius 1 is 0.950 bits per heavy atom. The van der Waals surface area contributed by atoms with Crippen LogP contribution in [0.1, 0.15) is 57.8 Å². The molecule has 4 nitrogen and oxygen atoms in total. The normalized spacial score (nSPS) is 28.9. The topological polar surface area (TPSA) is 72.2 Å². The zero-order valence-electron chi connectivity index (χ0n) is 12.2. The number of nitrogens with one attached hydrogen (secondary N) is 1. The molecule has 0 aliphatic heterocycles. The lowest BCUT2D eigenvalue weighted by Gasteiger charge is -2.27. The Balaban J connectivity index is 0.00000200. The van der Waals surface area contributed by atoms with Crippen molar-refractivity contribution >= 4 is 22.4 Å². The molecule has 2 aliphatic rings. The standard InChI is InChI=1S/C14H28N2O2S.ClH/c15-14-8-4-7-13(9-14)10-16-19(17,18)11-12-5-2-1-3-6-12;/h12-14,16H,1-11,15H2;1H. The van der Waals surface area contributed by atoms with Gasteiger partial charge in [-0.05, 0) is 43.9 Å². The van der Waals surface area contributed by atoms with Gasteiger partial charge < -0.3 is 5.73 Å². The van der Waals surface area contributed by atoms with Crippen LogP contribution in [0.3, 0.4) is 0 Å². The van der Waals surface area contributed by atoms with Crippen LogP contribution in [0.15, 0.2) is 0 Å². The summed E-state index contributed by atoms with van der Waals surface area (Å²) in [7, 11) is -3.09. The van der Waals surface area contributed by atoms with Crippen molar-refractivity contribution in [1.82, 2.24) is 4.72 Å². The highest BCUT2D eigenvalue weighted by atomic mass is 35.5. The summed E-state index contributed by atoms with van der Waals surface area (Å²) in [4.78, 5) is 0. The zero-order chi connectivity index (χ0) is 13.7. The van der Waals surface area contributed by atoms with Crippen LogP contribution in [0.2, 0.25) is 0 Å². The van der Waals surface area contributed by atoms with Gasteiger partial charge in [0, 0.05) is 12.6 Å². The molecular formula is C14H29ClN2O2S. The van der Waals surface area contributed by atoms with E-state index < -0.39 is 10.0 Å². The molecule has 0 aromatic heterocycles. The number of nitrogens with two attached hydrogens (primary N) is 1. The molecule has 120 valence electrons. The molecule has 20 heavy (non-hydrogen) atoms. The number of halogens is 1. The van der Waals surface area contributed by atoms with E-state index in [1.807, 2.05) is 0 Å². The molecule has 2 saturated carbocycles. The highest BCUT2D eigenvalue weighted by molar-refractivity contribution is 7.89. The lowest BCUT2D eigenvalue weighted by Crippen LogP contribution is -2.37. The van der Waals surface area contributed by atoms with E-state index in [9.17, 15) is 8.42 Å². The van der Waals surface area contributed by atoms with Crippen molar-refractivity contribution in [3.63, 3.8) is 0 Å². The van der Waals surface area contributed by atoms with Crippen LogP contribution < -0.4 is 10.5 Å². The van der Waals surface area contributed by atoms with E-state index in [2.05, 4.69) is 4.72 Å². The SMILES string of the molecule is Cl.NC1CCCC(CNS(=O)(=O)CC2CCCCC2)C1. The van der Waals surface area contributed by atoms with E-state index in [-0.39, 0.29) is 18.4 Å². The lowest BCUT2D eigenvalue weighted by atomic mass is 9.86. The van der Waals surface area contributed by atoms with Crippen molar-refractivity contribution in [2.75, 3.05) is 12.3 Å². The van der Waals surface area contributed by atoms with E-state index in [1.54, 1.807) is 0 Å². The van der Waals surface area contributed by atoms with Gasteiger partial charge >= 0.3 is 0 Å². The summed E-state index contributed by atoms with van der Waals surface area (Å²) in [6.45, 7) is 0.586. The van der Waals surface area contributed by atoms with E-state index in [1.165, 1.54) is 19.3 Å². The van der Waals surface area contributed by atoms with Crippen LogP contribution in [-0.4, -0.2) is 26.8 Å². The summed E-state index contributed by atoms with van der Waals surface area (Å²) in [5.74, 6) is 1.14. The second kappa shape index (κ2) is 8.57. The molecule has 0 amide bonds. The van der Waals surface area contributed by atoms with Crippen molar-refractivity contribution in [2.45, 2.75) is 63.8 Å². The molecule has 0 saturated heterocycles. The Morgan fingerprint density at radius 2 is 1.60 bits per heavy atom. The zero-order valence-corrected chi connectivity index (χ0v) is 13.9. The molecular weight excluding hydrogens is 296 g/mol. The molecule has 2 fully saturated rings. The molecule has 3 N–H and O–H groups in total. The summed E-state index contributed by atoms with van der Waals surface area (Å²) < 4.78 is 27.0. The number of sulfonamides is 1. The van der Waals surface area contributed by atoms with Gasteiger partial charge in [-0.25, -0.2) is 13.1 Å². The first-order valence-corrected chi connectivity index (χ1v) is 9.43. The Kier molecular flexibility index (Phi) is 7.80. The lowest BCUT2D eigenvalue weighted by molar-refractivity contribution is 0.321. The van der Waals surface area contributed by atoms with Gasteiger partial charge in [0.25, 0.3) is 0 Å². The van der Waals surface area contributed by atoms with Crippen molar-refractivity contribution in [3.05, 3.63) is 0 Å². The summed E-state index contributed by atoms with van der Waals surface area (Å²) in [6.07, 6.45) is 10.1. The molecule has 0 aromatic carbocycles. The molecule has 2 atom stereocenters. The third-order valence-electron chi connectivity index (χ3n) is 4.60. The number of hydrogen-bond acceptors (Lipinski definition) is 3. The van der Waals surface area contributed by atoms with Crippen LogP contribution in [-0.2, 0) is 10.0 Å². The Hall–Kier alpha value is 0.160. The quantitative estimate of drug-likeness (QED) is 0.815. The van der Waals surface area contributed by atoms with E-state index in [0.717, 1.165) is 38.5 Å². The highest BCUT2D eigenvalue weighted by Gasteiger charge is 2.24. The van der Waals surface area contributed by atoms with Crippen LogP contribution in [0.5, 0.6) is 0 Å². The molecule has 0 bridgehead atoms. The maximum absolute atomic E-state index is 12.1. The predicted molar refractivity (Wildman–Crippen MR) is 85.5 cm³/mol. The summed E-state index contributed by atoms with van der Waals surface area (Å²) in [6, 6.07) is 0.265. The number of hydrogen-bond donors (Lipinski definition) is 2. The Bertz CT molecular complexity index is 369. The van der Waals surface area contributed by atoms with Gasteiger partial charge in [0.2, 0.25) is 10.0 Å². The third kappa shape index (κ3) is 6.29. The highest BCUT2D eigenvalue weighted by Crippen LogP contribution is 2.25. The fourth-order valence-electron chi connectivity index (χ4n) is 3.49. The first kappa shape index (κ1) is 18.2. The largest absolute Gasteiger partial charge is 0.328 e. The molecule has 0 heterocycles. The van der Waals surface area contributed by atoms with Gasteiger partial charge in [0.05, 0.1) is 5.75 Å². The van der Waals surface area contributed by atoms with Crippen molar-refractivity contribution < 1.29 is 8.42 Å². The van der Waals surface area contributed by atoms with Crippen LogP contribution >= 0.6 is 12.4 Å². The van der Waals surface area contributed by atoms with E-state index in [0.29, 0.717) is 24.1 Å². The third-order valence-corrected chi connectivity index (χ3v) is 6.11. The summed E-state index contributed by atoms with van der Waals surface area (Å²) in [5.41, 5.74) is 5.94. The van der Waals surface area contributed by atoms with Crippen molar-refractivity contribution in [3.8, 4) is 0 Å². The fourth-order valence-corrected chi connectivity index (χ4v) is 5.05.